The summed E-state index contributed by atoms with van der Waals surface area (Å²) in [5.41, 5.74) is 0.886. The minimum Gasteiger partial charge on any atom is -0.317 e. The largest absolute Gasteiger partial charge is 0.317 e. The van der Waals surface area contributed by atoms with Gasteiger partial charge in [0.05, 0.1) is 0 Å². The predicted molar refractivity (Wildman–Crippen MR) is 98.9 cm³/mol. The van der Waals surface area contributed by atoms with E-state index < -0.39 is 7.14 Å². The Morgan fingerprint density at radius 2 is 1.83 bits per heavy atom. The number of hydrogen-bond acceptors (Lipinski definition) is 2. The van der Waals surface area contributed by atoms with Crippen LogP contribution in [0.1, 0.15) is 47.5 Å². The van der Waals surface area contributed by atoms with Crippen molar-refractivity contribution in [1.82, 2.24) is 0 Å². The summed E-state index contributed by atoms with van der Waals surface area (Å²) < 4.78 is 14.3. The van der Waals surface area contributed by atoms with Crippen LogP contribution in [0.5, 0.6) is 0 Å². The van der Waals surface area contributed by atoms with Crippen LogP contribution in [-0.4, -0.2) is 16.6 Å². The van der Waals surface area contributed by atoms with Gasteiger partial charge < -0.3 is 4.57 Å². The molecule has 0 amide bonds. The molecule has 0 N–H and O–H groups in total. The van der Waals surface area contributed by atoms with Gasteiger partial charge in [-0.05, 0) is 12.3 Å². The van der Waals surface area contributed by atoms with Gasteiger partial charge in [-0.25, -0.2) is 0 Å². The first-order valence-corrected chi connectivity index (χ1v) is 10.3. The van der Waals surface area contributed by atoms with Crippen LogP contribution in [0.25, 0.3) is 0 Å². The molecule has 0 heterocycles. The highest BCUT2D eigenvalue weighted by Crippen LogP contribution is 2.67. The Hall–Kier alpha value is -1.14. The van der Waals surface area contributed by atoms with Gasteiger partial charge in [-0.2, -0.15) is 0 Å². The van der Waals surface area contributed by atoms with Crippen molar-refractivity contribution >= 4 is 18.2 Å². The summed E-state index contributed by atoms with van der Waals surface area (Å²) >= 11 is 0. The highest BCUT2D eigenvalue weighted by Gasteiger charge is 2.53. The molecule has 3 heteroatoms. The van der Waals surface area contributed by atoms with Crippen LogP contribution in [0.4, 0.5) is 0 Å². The molecule has 0 aliphatic heterocycles. The molecule has 2 nitrogen and oxygen atoms in total. The first-order chi connectivity index (χ1) is 10.6. The van der Waals surface area contributed by atoms with Crippen molar-refractivity contribution in [1.29, 1.82) is 0 Å². The number of carbonyl (C=O) groups is 1. The third-order valence-corrected chi connectivity index (χ3v) is 10.0. The van der Waals surface area contributed by atoms with Crippen molar-refractivity contribution in [2.45, 2.75) is 58.3 Å². The van der Waals surface area contributed by atoms with Crippen LogP contribution in [-0.2, 0) is 9.36 Å². The molecule has 1 saturated carbocycles. The summed E-state index contributed by atoms with van der Waals surface area (Å²) in [4.78, 5) is 12.3. The fourth-order valence-corrected chi connectivity index (χ4v) is 8.09. The van der Waals surface area contributed by atoms with Gasteiger partial charge in [-0.3, -0.25) is 4.79 Å². The zero-order valence-corrected chi connectivity index (χ0v) is 15.9. The highest BCUT2D eigenvalue weighted by atomic mass is 31.2. The summed E-state index contributed by atoms with van der Waals surface area (Å²) in [6.45, 7) is 14.4. The lowest BCUT2D eigenvalue weighted by Gasteiger charge is -2.39. The molecule has 1 unspecified atom stereocenters. The van der Waals surface area contributed by atoms with Crippen LogP contribution >= 0.6 is 7.14 Å². The molecule has 1 aliphatic carbocycles. The summed E-state index contributed by atoms with van der Waals surface area (Å²) in [5, 5.41) is 0.551. The molecule has 2 rings (SSSR count). The normalized spacial score (nSPS) is 27.7. The number of Topliss-reactive ketones (excluding diaryl/α,β-unsaturated/α-hetero) is 1. The fourth-order valence-electron chi connectivity index (χ4n) is 4.05. The molecular weight excluding hydrogens is 303 g/mol. The SMILES string of the molecule is C=C1C[C@@H](C(=O)CC)[C@@H](C)[C@@H]1P(=O)(c1ccccc1)C(C)(C)C. The molecule has 0 saturated heterocycles. The molecule has 1 aromatic carbocycles. The molecular formula is C20H29O2P. The van der Waals surface area contributed by atoms with E-state index in [1.807, 2.05) is 37.3 Å². The maximum atomic E-state index is 14.3. The predicted octanol–water partition coefficient (Wildman–Crippen LogP) is 5.03. The van der Waals surface area contributed by atoms with Crippen LogP contribution < -0.4 is 5.30 Å². The van der Waals surface area contributed by atoms with E-state index in [0.29, 0.717) is 12.8 Å². The first-order valence-electron chi connectivity index (χ1n) is 8.50. The van der Waals surface area contributed by atoms with Gasteiger partial charge in [0, 0.05) is 28.5 Å². The number of hydrogen-bond donors (Lipinski definition) is 0. The highest BCUT2D eigenvalue weighted by molar-refractivity contribution is 7.74. The molecule has 0 spiro atoms. The Kier molecular flexibility index (Phi) is 5.06. The minimum absolute atomic E-state index is 0.0307. The molecule has 0 aromatic heterocycles. The van der Waals surface area contributed by atoms with Crippen molar-refractivity contribution in [2.75, 3.05) is 0 Å². The zero-order chi connectivity index (χ0) is 17.4. The molecule has 126 valence electrons. The third-order valence-electron chi connectivity index (χ3n) is 5.32. The van der Waals surface area contributed by atoms with Gasteiger partial charge in [-0.1, -0.05) is 77.1 Å². The van der Waals surface area contributed by atoms with Crippen molar-refractivity contribution in [2.24, 2.45) is 11.8 Å². The lowest BCUT2D eigenvalue weighted by molar-refractivity contribution is -0.123. The van der Waals surface area contributed by atoms with Crippen LogP contribution in [0.2, 0.25) is 0 Å². The molecule has 0 radical (unpaired) electrons. The maximum absolute atomic E-state index is 14.3. The summed E-state index contributed by atoms with van der Waals surface area (Å²) in [6, 6.07) is 9.80. The number of benzene rings is 1. The minimum atomic E-state index is -2.75. The third kappa shape index (κ3) is 2.98. The number of carbonyl (C=O) groups excluding carboxylic acids is 1. The Balaban J connectivity index is 2.56. The van der Waals surface area contributed by atoms with Crippen LogP contribution in [0, 0.1) is 11.8 Å². The molecule has 0 bridgehead atoms. The van der Waals surface area contributed by atoms with Crippen molar-refractivity contribution in [3.63, 3.8) is 0 Å². The van der Waals surface area contributed by atoms with Crippen LogP contribution in [0.15, 0.2) is 42.5 Å². The lowest BCUT2D eigenvalue weighted by atomic mass is 9.92. The molecule has 1 aromatic rings. The number of allylic oxidation sites excluding steroid dienone is 1. The van der Waals surface area contributed by atoms with Crippen molar-refractivity contribution < 1.29 is 9.36 Å². The zero-order valence-electron chi connectivity index (χ0n) is 15.0. The van der Waals surface area contributed by atoms with E-state index in [1.54, 1.807) is 0 Å². The average molecular weight is 332 g/mol. The fraction of sp³-hybridized carbons (Fsp3) is 0.550. The van der Waals surface area contributed by atoms with E-state index in [0.717, 1.165) is 10.9 Å². The first kappa shape index (κ1) is 18.2. The van der Waals surface area contributed by atoms with E-state index in [1.165, 1.54) is 0 Å². The van der Waals surface area contributed by atoms with E-state index in [4.69, 9.17) is 0 Å². The van der Waals surface area contributed by atoms with Gasteiger partial charge in [0.15, 0.2) is 0 Å². The standard InChI is InChI=1S/C20H29O2P/c1-7-18(21)17-13-14(2)19(15(17)3)23(22,20(4,5)6)16-11-9-8-10-12-16/h8-12,15,17,19H,2,7,13H2,1,3-6H3/t15-,17-,19-,23?/m1/s1. The molecule has 1 aliphatic rings. The summed E-state index contributed by atoms with van der Waals surface area (Å²) in [7, 11) is -2.75. The van der Waals surface area contributed by atoms with Crippen molar-refractivity contribution in [3.8, 4) is 0 Å². The topological polar surface area (TPSA) is 34.1 Å². The van der Waals surface area contributed by atoms with Gasteiger partial charge in [0.1, 0.15) is 12.9 Å². The van der Waals surface area contributed by atoms with Crippen LogP contribution in [0.3, 0.4) is 0 Å². The Bertz CT molecular complexity index is 639. The second-order valence-electron chi connectivity index (χ2n) is 7.76. The van der Waals surface area contributed by atoms with Gasteiger partial charge in [0.2, 0.25) is 0 Å². The summed E-state index contributed by atoms with van der Waals surface area (Å²) in [5.74, 6) is 0.326. The number of rotatable bonds is 4. The molecule has 23 heavy (non-hydrogen) atoms. The quantitative estimate of drug-likeness (QED) is 0.572. The summed E-state index contributed by atoms with van der Waals surface area (Å²) in [6.07, 6.45) is 1.23. The van der Waals surface area contributed by atoms with E-state index in [2.05, 4.69) is 34.3 Å². The van der Waals surface area contributed by atoms with Gasteiger partial charge >= 0.3 is 0 Å². The van der Waals surface area contributed by atoms with Gasteiger partial charge in [0.25, 0.3) is 0 Å². The van der Waals surface area contributed by atoms with E-state index in [9.17, 15) is 9.36 Å². The molecule has 4 atom stereocenters. The second-order valence-corrected chi connectivity index (χ2v) is 11.5. The smallest absolute Gasteiger partial charge is 0.136 e. The van der Waals surface area contributed by atoms with E-state index in [-0.39, 0.29) is 28.4 Å². The Morgan fingerprint density at radius 1 is 1.26 bits per heavy atom. The number of ketones is 1. The van der Waals surface area contributed by atoms with Crippen molar-refractivity contribution in [3.05, 3.63) is 42.5 Å². The average Bonchev–Trinajstić information content (AvgIpc) is 2.80. The Morgan fingerprint density at radius 3 is 2.30 bits per heavy atom. The lowest BCUT2D eigenvalue weighted by Crippen LogP contribution is -2.34. The monoisotopic (exact) mass is 332 g/mol. The maximum Gasteiger partial charge on any atom is 0.136 e. The van der Waals surface area contributed by atoms with Gasteiger partial charge in [-0.15, -0.1) is 0 Å². The Labute approximate surface area is 140 Å². The second kappa shape index (κ2) is 6.40. The molecule has 1 fully saturated rings. The van der Waals surface area contributed by atoms with E-state index >= 15 is 0 Å².